The number of ether oxygens (including phenoxy) is 1. The van der Waals surface area contributed by atoms with Crippen LogP contribution >= 0.6 is 15.9 Å². The number of benzene rings is 1. The van der Waals surface area contributed by atoms with E-state index in [1.54, 1.807) is 13.0 Å². The lowest BCUT2D eigenvalue weighted by molar-refractivity contribution is -0.158. The first-order chi connectivity index (χ1) is 8.27. The number of nitrogens with one attached hydrogen (secondary N) is 1. The molecule has 100 valence electrons. The molecule has 0 spiro atoms. The second kappa shape index (κ2) is 5.67. The SMILES string of the molecule is COC(=O)C(C)(O)CNc1cc(Br)c(F)cc1C. The largest absolute Gasteiger partial charge is 0.467 e. The van der Waals surface area contributed by atoms with Crippen LogP contribution in [0.25, 0.3) is 0 Å². The third-order valence-corrected chi connectivity index (χ3v) is 3.12. The third-order valence-electron chi connectivity index (χ3n) is 2.52. The molecule has 0 bridgehead atoms. The molecule has 1 atom stereocenters. The topological polar surface area (TPSA) is 58.6 Å². The summed E-state index contributed by atoms with van der Waals surface area (Å²) in [6.07, 6.45) is 0. The van der Waals surface area contributed by atoms with Gasteiger partial charge in [-0.1, -0.05) is 0 Å². The molecular weight excluding hydrogens is 305 g/mol. The fourth-order valence-electron chi connectivity index (χ4n) is 1.40. The fraction of sp³-hybridized carbons (Fsp3) is 0.417. The molecule has 6 heteroatoms. The van der Waals surface area contributed by atoms with Gasteiger partial charge in [-0.15, -0.1) is 0 Å². The molecule has 0 heterocycles. The molecule has 1 aromatic carbocycles. The summed E-state index contributed by atoms with van der Waals surface area (Å²) < 4.78 is 18.0. The predicted octanol–water partition coefficient (Wildman–Crippen LogP) is 2.23. The van der Waals surface area contributed by atoms with Gasteiger partial charge in [0.05, 0.1) is 18.1 Å². The predicted molar refractivity (Wildman–Crippen MR) is 70.0 cm³/mol. The van der Waals surface area contributed by atoms with Gasteiger partial charge in [0.15, 0.2) is 5.60 Å². The molecule has 0 aliphatic carbocycles. The van der Waals surface area contributed by atoms with Crippen LogP contribution in [0.15, 0.2) is 16.6 Å². The molecule has 0 radical (unpaired) electrons. The molecule has 1 aromatic rings. The van der Waals surface area contributed by atoms with E-state index in [9.17, 15) is 14.3 Å². The molecule has 1 unspecified atom stereocenters. The summed E-state index contributed by atoms with van der Waals surface area (Å²) in [5.41, 5.74) is -0.328. The summed E-state index contributed by atoms with van der Waals surface area (Å²) >= 11 is 3.07. The standard InChI is InChI=1S/C12H15BrFNO3/c1-7-4-9(14)8(13)5-10(7)15-6-12(2,17)11(16)18-3/h4-5,15,17H,6H2,1-3H3. The maximum Gasteiger partial charge on any atom is 0.339 e. The number of hydrogen-bond donors (Lipinski definition) is 2. The van der Waals surface area contributed by atoms with Crippen LogP contribution in [-0.2, 0) is 9.53 Å². The number of carbonyl (C=O) groups excluding carboxylic acids is 1. The lowest BCUT2D eigenvalue weighted by atomic mass is 10.1. The normalized spacial score (nSPS) is 13.9. The summed E-state index contributed by atoms with van der Waals surface area (Å²) in [6, 6.07) is 2.91. The monoisotopic (exact) mass is 319 g/mol. The first-order valence-corrected chi connectivity index (χ1v) is 6.07. The van der Waals surface area contributed by atoms with Gasteiger partial charge < -0.3 is 15.2 Å². The van der Waals surface area contributed by atoms with Crippen molar-refractivity contribution in [2.45, 2.75) is 19.4 Å². The van der Waals surface area contributed by atoms with E-state index in [1.165, 1.54) is 20.1 Å². The zero-order valence-electron chi connectivity index (χ0n) is 10.4. The van der Waals surface area contributed by atoms with Crippen molar-refractivity contribution < 1.29 is 19.0 Å². The first-order valence-electron chi connectivity index (χ1n) is 5.28. The molecule has 4 nitrogen and oxygen atoms in total. The highest BCUT2D eigenvalue weighted by Gasteiger charge is 2.31. The van der Waals surface area contributed by atoms with Crippen molar-refractivity contribution in [2.75, 3.05) is 19.0 Å². The van der Waals surface area contributed by atoms with Crippen LogP contribution in [0.2, 0.25) is 0 Å². The van der Waals surface area contributed by atoms with Crippen LogP contribution in [0.4, 0.5) is 10.1 Å². The van der Waals surface area contributed by atoms with Gasteiger partial charge in [0, 0.05) is 5.69 Å². The summed E-state index contributed by atoms with van der Waals surface area (Å²) in [6.45, 7) is 3.04. The number of halogens is 2. The Labute approximate surface area is 113 Å². The van der Waals surface area contributed by atoms with Gasteiger partial charge in [0.25, 0.3) is 0 Å². The molecule has 0 aliphatic rings. The van der Waals surface area contributed by atoms with E-state index in [4.69, 9.17) is 0 Å². The Morgan fingerprint density at radius 3 is 2.78 bits per heavy atom. The third kappa shape index (κ3) is 3.43. The van der Waals surface area contributed by atoms with E-state index < -0.39 is 11.6 Å². The lowest BCUT2D eigenvalue weighted by Crippen LogP contribution is -2.42. The molecule has 0 aliphatic heterocycles. The molecule has 0 saturated carbocycles. The van der Waals surface area contributed by atoms with Gasteiger partial charge in [0.1, 0.15) is 5.82 Å². The van der Waals surface area contributed by atoms with Crippen LogP contribution in [0.5, 0.6) is 0 Å². The van der Waals surface area contributed by atoms with E-state index >= 15 is 0 Å². The van der Waals surface area contributed by atoms with Crippen molar-refractivity contribution in [3.05, 3.63) is 28.0 Å². The number of methoxy groups -OCH3 is 1. The molecule has 1 rings (SSSR count). The minimum atomic E-state index is -1.64. The maximum atomic E-state index is 13.2. The minimum absolute atomic E-state index is 0.0292. The molecule has 0 fully saturated rings. The second-order valence-corrected chi connectivity index (χ2v) is 5.05. The first kappa shape index (κ1) is 14.9. The van der Waals surface area contributed by atoms with Crippen molar-refractivity contribution in [3.63, 3.8) is 0 Å². The lowest BCUT2D eigenvalue weighted by Gasteiger charge is -2.22. The van der Waals surface area contributed by atoms with E-state index in [2.05, 4.69) is 26.0 Å². The number of carbonyl (C=O) groups is 1. The van der Waals surface area contributed by atoms with Crippen LogP contribution in [0.1, 0.15) is 12.5 Å². The summed E-state index contributed by atoms with van der Waals surface area (Å²) in [5, 5.41) is 12.7. The molecule has 0 aromatic heterocycles. The number of anilines is 1. The van der Waals surface area contributed by atoms with Gasteiger partial charge in [-0.25, -0.2) is 9.18 Å². The highest BCUT2D eigenvalue weighted by Crippen LogP contribution is 2.24. The average Bonchev–Trinajstić information content (AvgIpc) is 2.31. The van der Waals surface area contributed by atoms with Crippen LogP contribution in [0, 0.1) is 12.7 Å². The Balaban J connectivity index is 2.81. The average molecular weight is 320 g/mol. The Bertz CT molecular complexity index is 463. The summed E-state index contributed by atoms with van der Waals surface area (Å²) in [4.78, 5) is 11.3. The highest BCUT2D eigenvalue weighted by molar-refractivity contribution is 9.10. The van der Waals surface area contributed by atoms with Gasteiger partial charge in [-0.05, 0) is 47.5 Å². The van der Waals surface area contributed by atoms with Gasteiger partial charge in [0.2, 0.25) is 0 Å². The van der Waals surface area contributed by atoms with E-state index in [0.29, 0.717) is 15.7 Å². The van der Waals surface area contributed by atoms with Crippen molar-refractivity contribution >= 4 is 27.6 Å². The molecule has 0 saturated heterocycles. The van der Waals surface area contributed by atoms with Gasteiger partial charge >= 0.3 is 5.97 Å². The molecular formula is C12H15BrFNO3. The molecule has 0 amide bonds. The Morgan fingerprint density at radius 1 is 1.61 bits per heavy atom. The van der Waals surface area contributed by atoms with Crippen molar-refractivity contribution in [1.82, 2.24) is 0 Å². The number of aryl methyl sites for hydroxylation is 1. The van der Waals surface area contributed by atoms with E-state index in [1.807, 2.05) is 0 Å². The zero-order valence-corrected chi connectivity index (χ0v) is 12.0. The van der Waals surface area contributed by atoms with Crippen LogP contribution in [0.3, 0.4) is 0 Å². The van der Waals surface area contributed by atoms with E-state index in [-0.39, 0.29) is 12.4 Å². The number of rotatable bonds is 4. The van der Waals surface area contributed by atoms with Crippen molar-refractivity contribution in [1.29, 1.82) is 0 Å². The molecule has 18 heavy (non-hydrogen) atoms. The molecule has 2 N–H and O–H groups in total. The summed E-state index contributed by atoms with van der Waals surface area (Å²) in [5.74, 6) is -1.09. The number of esters is 1. The van der Waals surface area contributed by atoms with Gasteiger partial charge in [-0.2, -0.15) is 0 Å². The highest BCUT2D eigenvalue weighted by atomic mass is 79.9. The zero-order chi connectivity index (χ0) is 13.9. The fourth-order valence-corrected chi connectivity index (χ4v) is 1.74. The minimum Gasteiger partial charge on any atom is -0.467 e. The maximum absolute atomic E-state index is 13.2. The van der Waals surface area contributed by atoms with Gasteiger partial charge in [-0.3, -0.25) is 0 Å². The summed E-state index contributed by atoms with van der Waals surface area (Å²) in [7, 11) is 1.20. The van der Waals surface area contributed by atoms with Crippen molar-refractivity contribution in [2.24, 2.45) is 0 Å². The van der Waals surface area contributed by atoms with E-state index in [0.717, 1.165) is 0 Å². The van der Waals surface area contributed by atoms with Crippen LogP contribution in [-0.4, -0.2) is 30.3 Å². The quantitative estimate of drug-likeness (QED) is 0.836. The Hall–Kier alpha value is -1.14. The van der Waals surface area contributed by atoms with Crippen LogP contribution < -0.4 is 5.32 Å². The Kier molecular flexibility index (Phi) is 4.70. The van der Waals surface area contributed by atoms with Crippen molar-refractivity contribution in [3.8, 4) is 0 Å². The number of hydrogen-bond acceptors (Lipinski definition) is 4. The Morgan fingerprint density at radius 2 is 2.22 bits per heavy atom. The number of aliphatic hydroxyl groups is 1. The smallest absolute Gasteiger partial charge is 0.339 e. The second-order valence-electron chi connectivity index (χ2n) is 4.20.